The maximum Gasteiger partial charge on any atom is 0.0234 e. The molecule has 1 saturated heterocycles. The third kappa shape index (κ3) is 3.30. The van der Waals surface area contributed by atoms with Crippen LogP contribution < -0.4 is 5.73 Å². The van der Waals surface area contributed by atoms with Crippen LogP contribution in [0.4, 0.5) is 0 Å². The van der Waals surface area contributed by atoms with E-state index in [4.69, 9.17) is 5.73 Å². The SMILES string of the molecule is CC(C)(C)c1ccc(CN2CC[C@@H](N)C2)cc1. The summed E-state index contributed by atoms with van der Waals surface area (Å²) in [7, 11) is 0. The molecule has 2 N–H and O–H groups in total. The largest absolute Gasteiger partial charge is 0.326 e. The van der Waals surface area contributed by atoms with Gasteiger partial charge in [0.1, 0.15) is 0 Å². The molecule has 1 atom stereocenters. The molecular weight excluding hydrogens is 208 g/mol. The number of rotatable bonds is 2. The Morgan fingerprint density at radius 3 is 2.35 bits per heavy atom. The lowest BCUT2D eigenvalue weighted by Gasteiger charge is -2.20. The molecule has 1 heterocycles. The Labute approximate surface area is 105 Å². The van der Waals surface area contributed by atoms with Crippen LogP contribution >= 0.6 is 0 Å². The van der Waals surface area contributed by atoms with E-state index in [1.807, 2.05) is 0 Å². The average Bonchev–Trinajstić information content (AvgIpc) is 2.63. The molecule has 1 fully saturated rings. The molecule has 0 bridgehead atoms. The smallest absolute Gasteiger partial charge is 0.0234 e. The second kappa shape index (κ2) is 4.79. The third-order valence-electron chi connectivity index (χ3n) is 3.53. The summed E-state index contributed by atoms with van der Waals surface area (Å²) in [6, 6.07) is 9.40. The van der Waals surface area contributed by atoms with Crippen LogP contribution in [0.25, 0.3) is 0 Å². The van der Waals surface area contributed by atoms with Crippen LogP contribution in [-0.4, -0.2) is 24.0 Å². The van der Waals surface area contributed by atoms with Crippen molar-refractivity contribution in [3.63, 3.8) is 0 Å². The zero-order valence-corrected chi connectivity index (χ0v) is 11.2. The highest BCUT2D eigenvalue weighted by Gasteiger charge is 2.19. The molecule has 1 aliphatic rings. The van der Waals surface area contributed by atoms with Gasteiger partial charge in [-0.3, -0.25) is 4.90 Å². The highest BCUT2D eigenvalue weighted by Crippen LogP contribution is 2.22. The fourth-order valence-corrected chi connectivity index (χ4v) is 2.37. The molecule has 0 unspecified atom stereocenters. The molecule has 94 valence electrons. The van der Waals surface area contributed by atoms with E-state index in [-0.39, 0.29) is 5.41 Å². The summed E-state index contributed by atoms with van der Waals surface area (Å²) < 4.78 is 0. The van der Waals surface area contributed by atoms with E-state index in [1.54, 1.807) is 0 Å². The van der Waals surface area contributed by atoms with Gasteiger partial charge in [-0.1, -0.05) is 45.0 Å². The Hall–Kier alpha value is -0.860. The van der Waals surface area contributed by atoms with Crippen LogP contribution in [0.1, 0.15) is 38.3 Å². The fourth-order valence-electron chi connectivity index (χ4n) is 2.37. The molecule has 1 aromatic rings. The average molecular weight is 232 g/mol. The molecule has 2 rings (SSSR count). The molecule has 1 aliphatic heterocycles. The summed E-state index contributed by atoms with van der Waals surface area (Å²) in [5, 5.41) is 0. The first-order valence-corrected chi connectivity index (χ1v) is 6.52. The molecule has 0 aliphatic carbocycles. The van der Waals surface area contributed by atoms with Crippen molar-refractivity contribution in [1.29, 1.82) is 0 Å². The Kier molecular flexibility index (Phi) is 3.55. The number of hydrogen-bond acceptors (Lipinski definition) is 2. The van der Waals surface area contributed by atoms with E-state index in [0.29, 0.717) is 6.04 Å². The van der Waals surface area contributed by atoms with Gasteiger partial charge in [0, 0.05) is 25.7 Å². The Balaban J connectivity index is 1.99. The van der Waals surface area contributed by atoms with Gasteiger partial charge < -0.3 is 5.73 Å². The van der Waals surface area contributed by atoms with Crippen molar-refractivity contribution in [3.05, 3.63) is 35.4 Å². The fraction of sp³-hybridized carbons (Fsp3) is 0.600. The van der Waals surface area contributed by atoms with E-state index < -0.39 is 0 Å². The monoisotopic (exact) mass is 232 g/mol. The number of nitrogens with two attached hydrogens (primary N) is 1. The van der Waals surface area contributed by atoms with Crippen molar-refractivity contribution in [1.82, 2.24) is 4.90 Å². The van der Waals surface area contributed by atoms with Crippen molar-refractivity contribution in [2.45, 2.75) is 45.2 Å². The molecule has 17 heavy (non-hydrogen) atoms. The summed E-state index contributed by atoms with van der Waals surface area (Å²) in [5.41, 5.74) is 8.96. The van der Waals surface area contributed by atoms with Crippen LogP contribution in [0, 0.1) is 0 Å². The van der Waals surface area contributed by atoms with Gasteiger partial charge in [-0.2, -0.15) is 0 Å². The van der Waals surface area contributed by atoms with Crippen LogP contribution in [0.15, 0.2) is 24.3 Å². The minimum absolute atomic E-state index is 0.245. The van der Waals surface area contributed by atoms with Crippen molar-refractivity contribution in [3.8, 4) is 0 Å². The third-order valence-corrected chi connectivity index (χ3v) is 3.53. The van der Waals surface area contributed by atoms with Gasteiger partial charge in [-0.05, 0) is 23.0 Å². The van der Waals surface area contributed by atoms with Crippen LogP contribution in [0.2, 0.25) is 0 Å². The summed E-state index contributed by atoms with van der Waals surface area (Å²) in [5.74, 6) is 0. The Morgan fingerprint density at radius 1 is 1.24 bits per heavy atom. The topological polar surface area (TPSA) is 29.3 Å². The van der Waals surface area contributed by atoms with E-state index >= 15 is 0 Å². The molecule has 1 aromatic carbocycles. The highest BCUT2D eigenvalue weighted by atomic mass is 15.2. The Morgan fingerprint density at radius 2 is 1.88 bits per heavy atom. The first-order valence-electron chi connectivity index (χ1n) is 6.52. The molecule has 0 aromatic heterocycles. The summed E-state index contributed by atoms with van der Waals surface area (Å²) in [6.45, 7) is 9.98. The van der Waals surface area contributed by atoms with E-state index in [1.165, 1.54) is 11.1 Å². The van der Waals surface area contributed by atoms with Crippen molar-refractivity contribution in [2.24, 2.45) is 5.73 Å². The summed E-state index contributed by atoms with van der Waals surface area (Å²) in [4.78, 5) is 2.44. The Bertz CT molecular complexity index is 362. The van der Waals surface area contributed by atoms with Gasteiger partial charge in [0.2, 0.25) is 0 Å². The van der Waals surface area contributed by atoms with Crippen molar-refractivity contribution in [2.75, 3.05) is 13.1 Å². The summed E-state index contributed by atoms with van der Waals surface area (Å²) >= 11 is 0. The highest BCUT2D eigenvalue weighted by molar-refractivity contribution is 5.27. The number of benzene rings is 1. The van der Waals surface area contributed by atoms with E-state index in [0.717, 1.165) is 26.1 Å². The second-order valence-corrected chi connectivity index (χ2v) is 6.23. The van der Waals surface area contributed by atoms with Gasteiger partial charge in [0.05, 0.1) is 0 Å². The van der Waals surface area contributed by atoms with Crippen LogP contribution in [-0.2, 0) is 12.0 Å². The number of nitrogens with zero attached hydrogens (tertiary/aromatic N) is 1. The van der Waals surface area contributed by atoms with E-state index in [2.05, 4.69) is 49.9 Å². The standard InChI is InChI=1S/C15H24N2/c1-15(2,3)13-6-4-12(5-7-13)10-17-9-8-14(16)11-17/h4-7,14H,8-11,16H2,1-3H3/t14-/m1/s1. The molecule has 0 amide bonds. The lowest BCUT2D eigenvalue weighted by Crippen LogP contribution is -2.26. The molecular formula is C15H24N2. The van der Waals surface area contributed by atoms with Gasteiger partial charge >= 0.3 is 0 Å². The predicted molar refractivity (Wildman–Crippen MR) is 73.0 cm³/mol. The normalized spacial score (nSPS) is 22.0. The lowest BCUT2D eigenvalue weighted by molar-refractivity contribution is 0.327. The zero-order valence-electron chi connectivity index (χ0n) is 11.2. The zero-order chi connectivity index (χ0) is 12.5. The first-order chi connectivity index (χ1) is 7.95. The van der Waals surface area contributed by atoms with Gasteiger partial charge in [0.15, 0.2) is 0 Å². The van der Waals surface area contributed by atoms with E-state index in [9.17, 15) is 0 Å². The maximum absolute atomic E-state index is 5.92. The van der Waals surface area contributed by atoms with Gasteiger partial charge in [-0.15, -0.1) is 0 Å². The molecule has 2 heteroatoms. The summed E-state index contributed by atoms with van der Waals surface area (Å²) in [6.07, 6.45) is 1.14. The predicted octanol–water partition coefficient (Wildman–Crippen LogP) is 2.52. The second-order valence-electron chi connectivity index (χ2n) is 6.23. The van der Waals surface area contributed by atoms with Gasteiger partial charge in [-0.25, -0.2) is 0 Å². The molecule has 0 radical (unpaired) electrons. The maximum atomic E-state index is 5.92. The number of likely N-dealkylation sites (tertiary alicyclic amines) is 1. The quantitative estimate of drug-likeness (QED) is 0.849. The van der Waals surface area contributed by atoms with Crippen molar-refractivity contribution < 1.29 is 0 Å². The van der Waals surface area contributed by atoms with Crippen LogP contribution in [0.3, 0.4) is 0 Å². The first kappa shape index (κ1) is 12.6. The van der Waals surface area contributed by atoms with Crippen LogP contribution in [0.5, 0.6) is 0 Å². The molecule has 0 saturated carbocycles. The minimum atomic E-state index is 0.245. The van der Waals surface area contributed by atoms with Crippen molar-refractivity contribution >= 4 is 0 Å². The minimum Gasteiger partial charge on any atom is -0.326 e. The number of hydrogen-bond donors (Lipinski definition) is 1. The lowest BCUT2D eigenvalue weighted by atomic mass is 9.87. The molecule has 0 spiro atoms. The molecule has 2 nitrogen and oxygen atoms in total. The van der Waals surface area contributed by atoms with Gasteiger partial charge in [0.25, 0.3) is 0 Å².